The molecule has 6 heteroatoms. The Bertz CT molecular complexity index is 920. The van der Waals surface area contributed by atoms with Gasteiger partial charge in [0, 0.05) is 31.4 Å². The lowest BCUT2D eigenvalue weighted by atomic mass is 10.2. The van der Waals surface area contributed by atoms with Crippen LogP contribution in [0.2, 0.25) is 0 Å². The molecule has 2 aromatic rings. The number of rotatable bonds is 6. The second-order valence-corrected chi connectivity index (χ2v) is 7.23. The summed E-state index contributed by atoms with van der Waals surface area (Å²) in [5.41, 5.74) is 4.19. The first kappa shape index (κ1) is 18.3. The highest BCUT2D eigenvalue weighted by Gasteiger charge is 2.23. The van der Waals surface area contributed by atoms with E-state index in [4.69, 9.17) is 9.97 Å². The Hall–Kier alpha value is -3.02. The monoisotopic (exact) mass is 375 g/mol. The fraction of sp³-hybridized carbons (Fsp3) is 0.364. The van der Waals surface area contributed by atoms with Crippen LogP contribution in [0.15, 0.2) is 47.5 Å². The van der Waals surface area contributed by atoms with E-state index in [1.807, 2.05) is 48.4 Å². The number of allylic oxidation sites excluding steroid dienone is 1. The number of fused-ring (bicyclic) bond motifs is 1. The zero-order chi connectivity index (χ0) is 19.3. The van der Waals surface area contributed by atoms with Gasteiger partial charge in [0.25, 0.3) is 0 Å². The van der Waals surface area contributed by atoms with Crippen molar-refractivity contribution in [1.82, 2.24) is 15.3 Å². The summed E-state index contributed by atoms with van der Waals surface area (Å²) in [5.74, 6) is 1.50. The van der Waals surface area contributed by atoms with E-state index in [0.717, 1.165) is 55.0 Å². The molecular formula is C22H25N5O. The third-order valence-corrected chi connectivity index (χ3v) is 5.07. The summed E-state index contributed by atoms with van der Waals surface area (Å²) in [6.07, 6.45) is 8.07. The lowest BCUT2D eigenvalue weighted by molar-refractivity contribution is -0.119. The summed E-state index contributed by atoms with van der Waals surface area (Å²) in [6.45, 7) is 1.57. The number of carbonyl (C=O) groups excluding carboxylic acids is 1. The molecule has 0 unspecified atom stereocenters. The van der Waals surface area contributed by atoms with Crippen LogP contribution in [0.1, 0.15) is 35.5 Å². The van der Waals surface area contributed by atoms with Crippen LogP contribution >= 0.6 is 0 Å². The predicted octanol–water partition coefficient (Wildman–Crippen LogP) is 2.47. The van der Waals surface area contributed by atoms with E-state index in [-0.39, 0.29) is 12.5 Å². The first-order valence-corrected chi connectivity index (χ1v) is 9.83. The van der Waals surface area contributed by atoms with Crippen LogP contribution in [0.5, 0.6) is 0 Å². The highest BCUT2D eigenvalue weighted by Crippen LogP contribution is 2.28. The van der Waals surface area contributed by atoms with Gasteiger partial charge in [0.2, 0.25) is 5.91 Å². The van der Waals surface area contributed by atoms with Crippen LogP contribution in [-0.4, -0.2) is 41.7 Å². The topological polar surface area (TPSA) is 70.5 Å². The van der Waals surface area contributed by atoms with Gasteiger partial charge in [-0.05, 0) is 37.3 Å². The molecule has 1 aliphatic heterocycles. The molecule has 0 saturated carbocycles. The van der Waals surface area contributed by atoms with Crippen molar-refractivity contribution in [3.8, 4) is 0 Å². The van der Waals surface area contributed by atoms with E-state index in [1.54, 1.807) is 0 Å². The third kappa shape index (κ3) is 4.11. The zero-order valence-electron chi connectivity index (χ0n) is 16.2. The maximum atomic E-state index is 12.5. The highest BCUT2D eigenvalue weighted by molar-refractivity contribution is 6.06. The van der Waals surface area contributed by atoms with Crippen molar-refractivity contribution in [3.63, 3.8) is 0 Å². The normalized spacial score (nSPS) is 15.1. The van der Waals surface area contributed by atoms with E-state index >= 15 is 0 Å². The van der Waals surface area contributed by atoms with Crippen LogP contribution in [0.3, 0.4) is 0 Å². The molecule has 0 radical (unpaired) electrons. The van der Waals surface area contributed by atoms with Gasteiger partial charge in [-0.3, -0.25) is 9.79 Å². The number of benzene rings is 1. The summed E-state index contributed by atoms with van der Waals surface area (Å²) in [4.78, 5) is 28.5. The number of nitrogens with one attached hydrogen (secondary N) is 1. The van der Waals surface area contributed by atoms with Crippen molar-refractivity contribution in [2.75, 3.05) is 25.0 Å². The number of nitrogens with zero attached hydrogens (tertiary/aromatic N) is 4. The molecule has 0 spiro atoms. The lowest BCUT2D eigenvalue weighted by Crippen LogP contribution is -2.36. The lowest BCUT2D eigenvalue weighted by Gasteiger charge is -2.21. The highest BCUT2D eigenvalue weighted by atomic mass is 16.2. The SMILES string of the molecule is CN(CC(=O)NCc1ccccc1)c1nc(C2=NCCC=C2)nc2c1CCC2. The maximum absolute atomic E-state index is 12.5. The van der Waals surface area contributed by atoms with E-state index in [0.29, 0.717) is 12.4 Å². The van der Waals surface area contributed by atoms with Crippen LogP contribution in [0.4, 0.5) is 5.82 Å². The van der Waals surface area contributed by atoms with Gasteiger partial charge in [-0.2, -0.15) is 0 Å². The Morgan fingerprint density at radius 1 is 1.18 bits per heavy atom. The van der Waals surface area contributed by atoms with Gasteiger partial charge in [0.1, 0.15) is 11.5 Å². The van der Waals surface area contributed by atoms with E-state index in [1.165, 1.54) is 5.56 Å². The fourth-order valence-corrected chi connectivity index (χ4v) is 3.64. The predicted molar refractivity (Wildman–Crippen MR) is 111 cm³/mol. The third-order valence-electron chi connectivity index (χ3n) is 5.07. The number of likely N-dealkylation sites (N-methyl/N-ethyl adjacent to an activating group) is 1. The molecule has 0 saturated heterocycles. The maximum Gasteiger partial charge on any atom is 0.239 e. The second kappa shape index (κ2) is 8.33. The summed E-state index contributed by atoms with van der Waals surface area (Å²) in [6, 6.07) is 9.93. The molecule has 1 aliphatic carbocycles. The van der Waals surface area contributed by atoms with Crippen molar-refractivity contribution in [3.05, 3.63) is 65.1 Å². The summed E-state index contributed by atoms with van der Waals surface area (Å²) in [5, 5.41) is 2.99. The van der Waals surface area contributed by atoms with Crippen LogP contribution < -0.4 is 10.2 Å². The molecule has 1 aromatic carbocycles. The number of hydrogen-bond donors (Lipinski definition) is 1. The quantitative estimate of drug-likeness (QED) is 0.842. The summed E-state index contributed by atoms with van der Waals surface area (Å²) < 4.78 is 0. The molecule has 28 heavy (non-hydrogen) atoms. The number of aromatic nitrogens is 2. The van der Waals surface area contributed by atoms with Crippen molar-refractivity contribution >= 4 is 17.4 Å². The standard InChI is InChI=1S/C22H25N5O/c1-27(15-20(28)24-14-16-8-3-2-4-9-16)22-17-10-7-12-18(17)25-21(26-22)19-11-5-6-13-23-19/h2-5,8-9,11H,6-7,10,12-15H2,1H3,(H,24,28). The molecule has 0 fully saturated rings. The average molecular weight is 375 g/mol. The molecule has 4 rings (SSSR count). The minimum atomic E-state index is -0.0202. The number of amides is 1. The van der Waals surface area contributed by atoms with Crippen LogP contribution in [0.25, 0.3) is 0 Å². The first-order chi connectivity index (χ1) is 13.7. The smallest absolute Gasteiger partial charge is 0.239 e. The van der Waals surface area contributed by atoms with Gasteiger partial charge in [0.15, 0.2) is 5.82 Å². The zero-order valence-corrected chi connectivity index (χ0v) is 16.2. The van der Waals surface area contributed by atoms with E-state index in [2.05, 4.69) is 16.4 Å². The van der Waals surface area contributed by atoms with Gasteiger partial charge in [0.05, 0.1) is 6.54 Å². The van der Waals surface area contributed by atoms with Crippen LogP contribution in [-0.2, 0) is 24.2 Å². The number of anilines is 1. The molecule has 1 amide bonds. The molecule has 0 bridgehead atoms. The number of dihydropyridines is 1. The molecule has 1 N–H and O–H groups in total. The van der Waals surface area contributed by atoms with Crippen molar-refractivity contribution in [1.29, 1.82) is 0 Å². The van der Waals surface area contributed by atoms with Crippen LogP contribution in [0, 0.1) is 0 Å². The molecular weight excluding hydrogens is 350 g/mol. The number of hydrogen-bond acceptors (Lipinski definition) is 5. The van der Waals surface area contributed by atoms with E-state index < -0.39 is 0 Å². The molecule has 144 valence electrons. The molecule has 1 aromatic heterocycles. The van der Waals surface area contributed by atoms with Gasteiger partial charge in [-0.15, -0.1) is 0 Å². The number of aryl methyl sites for hydroxylation is 1. The summed E-state index contributed by atoms with van der Waals surface area (Å²) >= 11 is 0. The summed E-state index contributed by atoms with van der Waals surface area (Å²) in [7, 11) is 1.92. The van der Waals surface area contributed by atoms with Crippen molar-refractivity contribution in [2.24, 2.45) is 4.99 Å². The Kier molecular flexibility index (Phi) is 5.46. The largest absolute Gasteiger partial charge is 0.350 e. The van der Waals surface area contributed by atoms with Crippen molar-refractivity contribution in [2.45, 2.75) is 32.2 Å². The van der Waals surface area contributed by atoms with E-state index in [9.17, 15) is 4.79 Å². The number of carbonyl (C=O) groups is 1. The Labute approximate surface area is 165 Å². The Morgan fingerprint density at radius 3 is 2.82 bits per heavy atom. The minimum absolute atomic E-state index is 0.0202. The Morgan fingerprint density at radius 2 is 2.04 bits per heavy atom. The average Bonchev–Trinajstić information content (AvgIpc) is 3.21. The number of aliphatic imine (C=N–C) groups is 1. The first-order valence-electron chi connectivity index (χ1n) is 9.83. The molecule has 6 nitrogen and oxygen atoms in total. The molecule has 2 heterocycles. The van der Waals surface area contributed by atoms with Gasteiger partial charge >= 0.3 is 0 Å². The molecule has 2 aliphatic rings. The van der Waals surface area contributed by atoms with Crippen molar-refractivity contribution < 1.29 is 4.79 Å². The van der Waals surface area contributed by atoms with Gasteiger partial charge in [-0.25, -0.2) is 9.97 Å². The second-order valence-electron chi connectivity index (χ2n) is 7.23. The minimum Gasteiger partial charge on any atom is -0.350 e. The van der Waals surface area contributed by atoms with Gasteiger partial charge < -0.3 is 10.2 Å². The molecule has 0 atom stereocenters. The fourth-order valence-electron chi connectivity index (χ4n) is 3.64. The Balaban J connectivity index is 1.49. The van der Waals surface area contributed by atoms with Gasteiger partial charge in [-0.1, -0.05) is 36.4 Å².